The minimum atomic E-state index is 0.595. The highest BCUT2D eigenvalue weighted by Crippen LogP contribution is 1.97. The van der Waals surface area contributed by atoms with Crippen LogP contribution in [0.2, 0.25) is 0 Å². The molecule has 1 rings (SSSR count). The molecule has 2 nitrogen and oxygen atoms in total. The van der Waals surface area contributed by atoms with E-state index < -0.39 is 0 Å². The van der Waals surface area contributed by atoms with Crippen LogP contribution in [0.4, 0.5) is 0 Å². The van der Waals surface area contributed by atoms with Gasteiger partial charge in [0.05, 0.1) is 19.3 Å². The average Bonchev–Trinajstić information content (AvgIpc) is 1.55. The summed E-state index contributed by atoms with van der Waals surface area (Å²) in [5, 5.41) is 3.15. The average molecular weight is 100 g/mol. The van der Waals surface area contributed by atoms with Crippen LogP contribution in [0.1, 0.15) is 0 Å². The molecule has 0 unspecified atom stereocenters. The van der Waals surface area contributed by atoms with Crippen LogP contribution in [0.25, 0.3) is 0 Å². The molecule has 1 heterocycles. The number of nitrogens with one attached hydrogen (secondary N) is 1. The first-order chi connectivity index (χ1) is 3.43. The van der Waals surface area contributed by atoms with Crippen LogP contribution in [-0.2, 0) is 4.74 Å². The normalized spacial score (nSPS) is 21.9. The summed E-state index contributed by atoms with van der Waals surface area (Å²) in [7, 11) is 0. The Balaban J connectivity index is 1.93. The molecule has 1 saturated heterocycles. The van der Waals surface area contributed by atoms with E-state index in [9.17, 15) is 0 Å². The van der Waals surface area contributed by atoms with Crippen molar-refractivity contribution in [3.8, 4) is 0 Å². The highest BCUT2D eigenvalue weighted by Gasteiger charge is 2.15. The van der Waals surface area contributed by atoms with Crippen molar-refractivity contribution in [1.29, 1.82) is 0 Å². The lowest BCUT2D eigenvalue weighted by molar-refractivity contribution is -0.00353. The second-order valence-corrected chi connectivity index (χ2v) is 1.69. The number of hydrogen-bond acceptors (Lipinski definition) is 2. The molecule has 7 heavy (non-hydrogen) atoms. The Morgan fingerprint density at radius 3 is 2.57 bits per heavy atom. The monoisotopic (exact) mass is 100 g/mol. The van der Waals surface area contributed by atoms with E-state index in [4.69, 9.17) is 4.74 Å². The molecule has 0 bridgehead atoms. The van der Waals surface area contributed by atoms with Gasteiger partial charge in [-0.1, -0.05) is 0 Å². The van der Waals surface area contributed by atoms with Crippen molar-refractivity contribution in [1.82, 2.24) is 5.32 Å². The molecule has 0 atom stereocenters. The van der Waals surface area contributed by atoms with Crippen molar-refractivity contribution in [2.24, 2.45) is 0 Å². The zero-order chi connectivity index (χ0) is 5.11. The highest BCUT2D eigenvalue weighted by molar-refractivity contribution is 4.72. The van der Waals surface area contributed by atoms with Crippen LogP contribution in [0.15, 0.2) is 0 Å². The number of ether oxygens (including phenoxy) is 1. The third-order valence-corrected chi connectivity index (χ3v) is 1.07. The summed E-state index contributed by atoms with van der Waals surface area (Å²) in [4.78, 5) is 0. The summed E-state index contributed by atoms with van der Waals surface area (Å²) in [5.41, 5.74) is 0. The predicted molar refractivity (Wildman–Crippen MR) is 28.0 cm³/mol. The first-order valence-corrected chi connectivity index (χ1v) is 2.54. The summed E-state index contributed by atoms with van der Waals surface area (Å²) < 4.78 is 4.90. The van der Waals surface area contributed by atoms with Gasteiger partial charge in [-0.3, -0.25) is 0 Å². The first-order valence-electron chi connectivity index (χ1n) is 2.54. The van der Waals surface area contributed by atoms with E-state index in [1.807, 2.05) is 0 Å². The summed E-state index contributed by atoms with van der Waals surface area (Å²) in [6, 6.07) is 0.595. The van der Waals surface area contributed by atoms with Gasteiger partial charge in [0.2, 0.25) is 0 Å². The fourth-order valence-corrected chi connectivity index (χ4v) is 0.558. The van der Waals surface area contributed by atoms with Crippen molar-refractivity contribution in [2.75, 3.05) is 19.8 Å². The van der Waals surface area contributed by atoms with Crippen LogP contribution in [0.5, 0.6) is 0 Å². The van der Waals surface area contributed by atoms with Gasteiger partial charge in [0.15, 0.2) is 0 Å². The summed E-state index contributed by atoms with van der Waals surface area (Å²) in [5.74, 6) is 0. The lowest BCUT2D eigenvalue weighted by atomic mass is 10.3. The standard InChI is InChI=1S/C5H10NO/c1-2-6-5-3-7-4-5/h5-6H,1-4H2. The molecule has 1 fully saturated rings. The minimum Gasteiger partial charge on any atom is -0.378 e. The van der Waals surface area contributed by atoms with Gasteiger partial charge in [-0.25, -0.2) is 0 Å². The summed E-state index contributed by atoms with van der Waals surface area (Å²) in [6.07, 6.45) is 0. The third-order valence-electron chi connectivity index (χ3n) is 1.07. The van der Waals surface area contributed by atoms with Gasteiger partial charge in [0.1, 0.15) is 0 Å². The van der Waals surface area contributed by atoms with E-state index in [-0.39, 0.29) is 0 Å². The fraction of sp³-hybridized carbons (Fsp3) is 0.800. The molecule has 0 saturated carbocycles. The quantitative estimate of drug-likeness (QED) is 0.519. The molecular weight excluding hydrogens is 90.1 g/mol. The predicted octanol–water partition coefficient (Wildman–Crippen LogP) is -0.191. The molecule has 0 aliphatic carbocycles. The molecule has 1 radical (unpaired) electrons. The van der Waals surface area contributed by atoms with Crippen molar-refractivity contribution in [3.63, 3.8) is 0 Å². The van der Waals surface area contributed by atoms with Crippen LogP contribution in [0, 0.1) is 6.92 Å². The van der Waals surface area contributed by atoms with Gasteiger partial charge in [-0.2, -0.15) is 0 Å². The molecule has 0 amide bonds. The second kappa shape index (κ2) is 2.28. The number of rotatable bonds is 2. The van der Waals surface area contributed by atoms with Gasteiger partial charge in [0, 0.05) is 0 Å². The summed E-state index contributed by atoms with van der Waals surface area (Å²) >= 11 is 0. The Bertz CT molecular complexity index is 52.0. The third kappa shape index (κ3) is 1.14. The van der Waals surface area contributed by atoms with Crippen molar-refractivity contribution < 1.29 is 4.74 Å². The maximum Gasteiger partial charge on any atom is 0.0643 e. The maximum atomic E-state index is 4.90. The Hall–Kier alpha value is -0.0800. The van der Waals surface area contributed by atoms with Gasteiger partial charge >= 0.3 is 0 Å². The van der Waals surface area contributed by atoms with Crippen molar-refractivity contribution >= 4 is 0 Å². The molecule has 0 aromatic carbocycles. The molecule has 41 valence electrons. The molecule has 0 aromatic rings. The zero-order valence-corrected chi connectivity index (χ0v) is 4.31. The van der Waals surface area contributed by atoms with Gasteiger partial charge < -0.3 is 10.1 Å². The maximum absolute atomic E-state index is 4.90. The Morgan fingerprint density at radius 1 is 1.71 bits per heavy atom. The van der Waals surface area contributed by atoms with E-state index in [0.717, 1.165) is 19.8 Å². The zero-order valence-electron chi connectivity index (χ0n) is 4.31. The van der Waals surface area contributed by atoms with E-state index in [0.29, 0.717) is 6.04 Å². The lowest BCUT2D eigenvalue weighted by Crippen LogP contribution is -2.45. The van der Waals surface area contributed by atoms with Crippen molar-refractivity contribution in [2.45, 2.75) is 6.04 Å². The lowest BCUT2D eigenvalue weighted by Gasteiger charge is -2.26. The van der Waals surface area contributed by atoms with Gasteiger partial charge in [-0.15, -0.1) is 0 Å². The molecular formula is C5H10NO. The fourth-order valence-electron chi connectivity index (χ4n) is 0.558. The smallest absolute Gasteiger partial charge is 0.0643 e. The molecule has 0 aromatic heterocycles. The second-order valence-electron chi connectivity index (χ2n) is 1.69. The van der Waals surface area contributed by atoms with E-state index in [1.165, 1.54) is 0 Å². The Morgan fingerprint density at radius 2 is 2.43 bits per heavy atom. The molecule has 1 aliphatic rings. The minimum absolute atomic E-state index is 0.595. The summed E-state index contributed by atoms with van der Waals surface area (Å²) in [6.45, 7) is 6.20. The van der Waals surface area contributed by atoms with Crippen molar-refractivity contribution in [3.05, 3.63) is 6.92 Å². The van der Waals surface area contributed by atoms with Gasteiger partial charge in [0.25, 0.3) is 0 Å². The van der Waals surface area contributed by atoms with E-state index in [2.05, 4.69) is 12.2 Å². The van der Waals surface area contributed by atoms with E-state index in [1.54, 1.807) is 0 Å². The van der Waals surface area contributed by atoms with E-state index >= 15 is 0 Å². The SMILES string of the molecule is [CH2]CNC1COC1. The van der Waals surface area contributed by atoms with Gasteiger partial charge in [-0.05, 0) is 13.5 Å². The topological polar surface area (TPSA) is 21.3 Å². The Labute approximate surface area is 43.9 Å². The molecule has 0 spiro atoms. The highest BCUT2D eigenvalue weighted by atomic mass is 16.5. The molecule has 1 aliphatic heterocycles. The molecule has 2 heteroatoms. The molecule has 1 N–H and O–H groups in total. The first kappa shape index (κ1) is 5.06. The van der Waals surface area contributed by atoms with Crippen LogP contribution in [0.3, 0.4) is 0 Å². The van der Waals surface area contributed by atoms with Crippen LogP contribution >= 0.6 is 0 Å². The largest absolute Gasteiger partial charge is 0.378 e. The van der Waals surface area contributed by atoms with Crippen LogP contribution < -0.4 is 5.32 Å². The Kier molecular flexibility index (Phi) is 1.65. The van der Waals surface area contributed by atoms with Crippen LogP contribution in [-0.4, -0.2) is 25.8 Å². The number of hydrogen-bond donors (Lipinski definition) is 1.